The number of anilines is 1. The summed E-state index contributed by atoms with van der Waals surface area (Å²) >= 11 is 0. The maximum atomic E-state index is 14.8. The average molecular weight is 383 g/mol. The summed E-state index contributed by atoms with van der Waals surface area (Å²) in [5.41, 5.74) is 1.92. The fourth-order valence-electron chi connectivity index (χ4n) is 3.92. The predicted octanol–water partition coefficient (Wildman–Crippen LogP) is 5.90. The van der Waals surface area contributed by atoms with Crippen LogP contribution in [0.4, 0.5) is 23.2 Å². The van der Waals surface area contributed by atoms with Crippen LogP contribution in [0, 0.1) is 5.82 Å². The van der Waals surface area contributed by atoms with E-state index in [4.69, 9.17) is 0 Å². The molecule has 4 aromatic rings. The van der Waals surface area contributed by atoms with Crippen molar-refractivity contribution in [1.82, 2.24) is 9.97 Å². The number of halogens is 4. The zero-order chi connectivity index (χ0) is 19.5. The quantitative estimate of drug-likeness (QED) is 0.402. The summed E-state index contributed by atoms with van der Waals surface area (Å²) in [6, 6.07) is 11.1. The largest absolute Gasteiger partial charge is 0.416 e. The van der Waals surface area contributed by atoms with Gasteiger partial charge in [0.05, 0.1) is 11.6 Å². The van der Waals surface area contributed by atoms with Crippen LogP contribution in [0.2, 0.25) is 0 Å². The third-order valence-electron chi connectivity index (χ3n) is 5.08. The van der Waals surface area contributed by atoms with E-state index in [9.17, 15) is 17.6 Å². The molecule has 3 nitrogen and oxygen atoms in total. The molecule has 0 bridgehead atoms. The van der Waals surface area contributed by atoms with Crippen LogP contribution in [-0.2, 0) is 6.18 Å². The Morgan fingerprint density at radius 3 is 2.57 bits per heavy atom. The highest BCUT2D eigenvalue weighted by Crippen LogP contribution is 2.46. The first-order chi connectivity index (χ1) is 13.4. The van der Waals surface area contributed by atoms with Crippen LogP contribution < -0.4 is 5.32 Å². The summed E-state index contributed by atoms with van der Waals surface area (Å²) in [6.45, 7) is 0. The van der Waals surface area contributed by atoms with E-state index in [1.165, 1.54) is 0 Å². The SMILES string of the molecule is Fc1cccc(C(F)(F)F)c1C1Nc2ccccc2-c2ccnc3[nH]cc1c23. The molecule has 2 N–H and O–H groups in total. The molecule has 0 amide bonds. The molecule has 0 aliphatic carbocycles. The number of rotatable bonds is 1. The molecule has 3 heterocycles. The van der Waals surface area contributed by atoms with E-state index < -0.39 is 29.2 Å². The minimum Gasteiger partial charge on any atom is -0.373 e. The molecule has 2 aromatic carbocycles. The van der Waals surface area contributed by atoms with Crippen molar-refractivity contribution in [1.29, 1.82) is 0 Å². The molecule has 28 heavy (non-hydrogen) atoms. The van der Waals surface area contributed by atoms with Gasteiger partial charge in [-0.25, -0.2) is 9.37 Å². The third kappa shape index (κ3) is 2.39. The maximum absolute atomic E-state index is 14.8. The first-order valence-corrected chi connectivity index (χ1v) is 8.62. The van der Waals surface area contributed by atoms with Crippen molar-refractivity contribution in [3.05, 3.63) is 83.4 Å². The number of pyridine rings is 1. The highest BCUT2D eigenvalue weighted by Gasteiger charge is 2.39. The Bertz CT molecular complexity index is 1210. The summed E-state index contributed by atoms with van der Waals surface area (Å²) in [7, 11) is 0. The molecule has 0 saturated heterocycles. The zero-order valence-electron chi connectivity index (χ0n) is 14.3. The zero-order valence-corrected chi connectivity index (χ0v) is 14.3. The lowest BCUT2D eigenvalue weighted by Crippen LogP contribution is -2.19. The second-order valence-electron chi connectivity index (χ2n) is 6.65. The lowest BCUT2D eigenvalue weighted by Gasteiger charge is -2.23. The Labute approximate surface area is 157 Å². The summed E-state index contributed by atoms with van der Waals surface area (Å²) in [6.07, 6.45) is -1.45. The Kier molecular flexibility index (Phi) is 3.49. The number of fused-ring (bicyclic) bond motifs is 2. The summed E-state index contributed by atoms with van der Waals surface area (Å²) in [5, 5.41) is 3.82. The van der Waals surface area contributed by atoms with E-state index in [-0.39, 0.29) is 0 Å². The number of hydrogen-bond acceptors (Lipinski definition) is 2. The lowest BCUT2D eigenvalue weighted by atomic mass is 9.93. The second kappa shape index (κ2) is 5.82. The smallest absolute Gasteiger partial charge is 0.373 e. The van der Waals surface area contributed by atoms with E-state index >= 15 is 0 Å². The minimum absolute atomic E-state index is 0.428. The van der Waals surface area contributed by atoms with Gasteiger partial charge in [-0.05, 0) is 29.8 Å². The molecular weight excluding hydrogens is 370 g/mol. The molecular formula is C21H13F4N3. The fraction of sp³-hybridized carbons (Fsp3) is 0.0952. The Morgan fingerprint density at radius 1 is 0.929 bits per heavy atom. The highest BCUT2D eigenvalue weighted by molar-refractivity contribution is 6.01. The number of para-hydroxylation sites is 1. The number of aromatic nitrogens is 2. The first kappa shape index (κ1) is 16.8. The van der Waals surface area contributed by atoms with Crippen LogP contribution in [0.1, 0.15) is 22.7 Å². The van der Waals surface area contributed by atoms with E-state index in [1.54, 1.807) is 24.5 Å². The average Bonchev–Trinajstić information content (AvgIpc) is 3.04. The molecule has 0 fully saturated rings. The molecule has 140 valence electrons. The predicted molar refractivity (Wildman–Crippen MR) is 98.4 cm³/mol. The van der Waals surface area contributed by atoms with Crippen LogP contribution in [0.3, 0.4) is 0 Å². The molecule has 0 spiro atoms. The number of aromatic amines is 1. The number of nitrogens with zero attached hydrogens (tertiary/aromatic N) is 1. The molecule has 7 heteroatoms. The van der Waals surface area contributed by atoms with Gasteiger partial charge in [0.15, 0.2) is 0 Å². The third-order valence-corrected chi connectivity index (χ3v) is 5.08. The van der Waals surface area contributed by atoms with Crippen molar-refractivity contribution in [2.24, 2.45) is 0 Å². The van der Waals surface area contributed by atoms with Crippen molar-refractivity contribution in [2.75, 3.05) is 5.32 Å². The monoisotopic (exact) mass is 383 g/mol. The Balaban J connectivity index is 1.87. The van der Waals surface area contributed by atoms with Crippen molar-refractivity contribution < 1.29 is 17.6 Å². The number of alkyl halides is 3. The van der Waals surface area contributed by atoms with E-state index in [2.05, 4.69) is 15.3 Å². The van der Waals surface area contributed by atoms with Gasteiger partial charge in [0.2, 0.25) is 0 Å². The molecule has 0 saturated carbocycles. The number of H-pyrrole nitrogens is 1. The van der Waals surface area contributed by atoms with Gasteiger partial charge in [-0.3, -0.25) is 0 Å². The van der Waals surface area contributed by atoms with Crippen LogP contribution >= 0.6 is 0 Å². The van der Waals surface area contributed by atoms with Gasteiger partial charge in [-0.15, -0.1) is 0 Å². The second-order valence-corrected chi connectivity index (χ2v) is 6.65. The van der Waals surface area contributed by atoms with Gasteiger partial charge in [0.1, 0.15) is 11.5 Å². The van der Waals surface area contributed by atoms with Crippen LogP contribution in [0.25, 0.3) is 22.2 Å². The van der Waals surface area contributed by atoms with E-state index in [1.807, 2.05) is 18.2 Å². The number of nitrogens with one attached hydrogen (secondary N) is 2. The number of benzene rings is 2. The van der Waals surface area contributed by atoms with Gasteiger partial charge < -0.3 is 10.3 Å². The molecule has 0 radical (unpaired) electrons. The Morgan fingerprint density at radius 2 is 1.75 bits per heavy atom. The Hall–Kier alpha value is -3.35. The van der Waals surface area contributed by atoms with Gasteiger partial charge in [-0.1, -0.05) is 24.3 Å². The summed E-state index contributed by atoms with van der Waals surface area (Å²) in [4.78, 5) is 7.28. The van der Waals surface area contributed by atoms with Gasteiger partial charge in [0, 0.05) is 40.2 Å². The lowest BCUT2D eigenvalue weighted by molar-refractivity contribution is -0.138. The summed E-state index contributed by atoms with van der Waals surface area (Å²) in [5.74, 6) is -0.911. The first-order valence-electron chi connectivity index (χ1n) is 8.62. The van der Waals surface area contributed by atoms with Crippen LogP contribution in [0.5, 0.6) is 0 Å². The summed E-state index contributed by atoms with van der Waals surface area (Å²) < 4.78 is 55.8. The van der Waals surface area contributed by atoms with Gasteiger partial charge in [0.25, 0.3) is 0 Å². The topological polar surface area (TPSA) is 40.7 Å². The highest BCUT2D eigenvalue weighted by atomic mass is 19.4. The maximum Gasteiger partial charge on any atom is 0.416 e. The van der Waals surface area contributed by atoms with Crippen LogP contribution in [0.15, 0.2) is 60.9 Å². The van der Waals surface area contributed by atoms with Crippen LogP contribution in [-0.4, -0.2) is 9.97 Å². The molecule has 5 rings (SSSR count). The van der Waals surface area contributed by atoms with E-state index in [0.29, 0.717) is 22.3 Å². The normalized spacial score (nSPS) is 15.8. The molecule has 1 unspecified atom stereocenters. The molecule has 1 aliphatic heterocycles. The van der Waals surface area contributed by atoms with Crippen molar-refractivity contribution in [3.63, 3.8) is 0 Å². The molecule has 2 aromatic heterocycles. The number of hydrogen-bond donors (Lipinski definition) is 2. The standard InChI is InChI=1S/C21H13F4N3/c22-15-6-3-5-14(21(23,24)25)18(15)19-13-10-27-20-17(13)12(8-9-26-20)11-4-1-2-7-16(11)28-19/h1-10,19,28H,(H,26,27). The van der Waals surface area contributed by atoms with Crippen molar-refractivity contribution >= 4 is 16.7 Å². The van der Waals surface area contributed by atoms with Crippen molar-refractivity contribution in [3.8, 4) is 11.1 Å². The van der Waals surface area contributed by atoms with Gasteiger partial charge in [-0.2, -0.15) is 13.2 Å². The fourth-order valence-corrected chi connectivity index (χ4v) is 3.92. The van der Waals surface area contributed by atoms with E-state index in [0.717, 1.165) is 29.3 Å². The molecule has 1 atom stereocenters. The van der Waals surface area contributed by atoms with Crippen molar-refractivity contribution in [2.45, 2.75) is 12.2 Å². The molecule has 1 aliphatic rings. The minimum atomic E-state index is -4.68. The van der Waals surface area contributed by atoms with Gasteiger partial charge >= 0.3 is 6.18 Å².